The molecule has 0 heterocycles. The molecule has 0 aliphatic carbocycles. The number of benzene rings is 2. The lowest BCUT2D eigenvalue weighted by Crippen LogP contribution is -2.16. The highest BCUT2D eigenvalue weighted by atomic mass is 79.9. The predicted octanol–water partition coefficient (Wildman–Crippen LogP) is 3.25. The summed E-state index contributed by atoms with van der Waals surface area (Å²) in [6.07, 6.45) is 0. The Morgan fingerprint density at radius 3 is 2.33 bits per heavy atom. The first-order valence-electron chi connectivity index (χ1n) is 5.43. The summed E-state index contributed by atoms with van der Waals surface area (Å²) in [7, 11) is -4.52. The smallest absolute Gasteiger partial charge is 0.265 e. The van der Waals surface area contributed by atoms with Gasteiger partial charge < -0.3 is 5.73 Å². The van der Waals surface area contributed by atoms with Gasteiger partial charge in [-0.15, -0.1) is 0 Å². The Bertz CT molecular complexity index is 812. The van der Waals surface area contributed by atoms with Gasteiger partial charge in [-0.3, -0.25) is 4.72 Å². The van der Waals surface area contributed by atoms with Gasteiger partial charge in [0.15, 0.2) is 11.6 Å². The fourth-order valence-corrected chi connectivity index (χ4v) is 3.07. The second-order valence-corrected chi connectivity index (χ2v) is 6.61. The van der Waals surface area contributed by atoms with E-state index in [9.17, 15) is 21.6 Å². The Balaban J connectivity index is 2.48. The molecule has 2 aromatic carbocycles. The third-order valence-corrected chi connectivity index (χ3v) is 4.34. The normalized spacial score (nSPS) is 11.4. The van der Waals surface area contributed by atoms with Crippen molar-refractivity contribution in [2.24, 2.45) is 0 Å². The zero-order valence-corrected chi connectivity index (χ0v) is 12.6. The Morgan fingerprint density at radius 1 is 1.05 bits per heavy atom. The summed E-state index contributed by atoms with van der Waals surface area (Å²) in [6.45, 7) is 0. The van der Waals surface area contributed by atoms with Crippen LogP contribution < -0.4 is 10.5 Å². The number of anilines is 2. The molecule has 0 atom stereocenters. The Hall–Kier alpha value is -1.74. The van der Waals surface area contributed by atoms with Crippen LogP contribution in [0.25, 0.3) is 0 Å². The van der Waals surface area contributed by atoms with Crippen LogP contribution in [0.15, 0.2) is 39.7 Å². The fraction of sp³-hybridized carbons (Fsp3) is 0. The molecule has 0 spiro atoms. The minimum Gasteiger partial charge on any atom is -0.399 e. The maximum Gasteiger partial charge on any atom is 0.265 e. The van der Waals surface area contributed by atoms with Crippen LogP contribution in [0.5, 0.6) is 0 Å². The zero-order chi connectivity index (χ0) is 15.8. The molecule has 0 saturated carbocycles. The molecule has 2 rings (SSSR count). The first-order chi connectivity index (χ1) is 9.70. The molecule has 0 saturated heterocycles. The topological polar surface area (TPSA) is 72.2 Å². The molecule has 0 amide bonds. The first kappa shape index (κ1) is 15.6. The number of nitrogens with one attached hydrogen (secondary N) is 1. The number of halogens is 4. The van der Waals surface area contributed by atoms with Crippen LogP contribution >= 0.6 is 15.9 Å². The standard InChI is InChI=1S/C12H8BrF3N2O2S/c13-6-1-2-10(8(14)3-6)18-21(19,20)11-5-7(17)4-9(15)12(11)16/h1-5,18H,17H2. The summed E-state index contributed by atoms with van der Waals surface area (Å²) in [6, 6.07) is 4.94. The summed E-state index contributed by atoms with van der Waals surface area (Å²) in [5, 5.41) is 0. The summed E-state index contributed by atoms with van der Waals surface area (Å²) < 4.78 is 66.7. The van der Waals surface area contributed by atoms with Crippen molar-refractivity contribution in [3.05, 3.63) is 52.3 Å². The van der Waals surface area contributed by atoms with E-state index >= 15 is 0 Å². The quantitative estimate of drug-likeness (QED) is 0.802. The van der Waals surface area contributed by atoms with E-state index in [0.717, 1.165) is 18.2 Å². The van der Waals surface area contributed by atoms with Gasteiger partial charge in [0.05, 0.1) is 5.69 Å². The molecule has 112 valence electrons. The maximum absolute atomic E-state index is 13.6. The molecule has 2 aromatic rings. The van der Waals surface area contributed by atoms with Gasteiger partial charge >= 0.3 is 0 Å². The Kier molecular flexibility index (Phi) is 4.15. The lowest BCUT2D eigenvalue weighted by Gasteiger charge is -2.11. The van der Waals surface area contributed by atoms with Gasteiger partial charge in [0.25, 0.3) is 10.0 Å². The zero-order valence-electron chi connectivity index (χ0n) is 10.2. The van der Waals surface area contributed by atoms with Gasteiger partial charge in [-0.25, -0.2) is 21.6 Å². The van der Waals surface area contributed by atoms with E-state index in [4.69, 9.17) is 5.73 Å². The highest BCUT2D eigenvalue weighted by molar-refractivity contribution is 9.10. The van der Waals surface area contributed by atoms with Gasteiger partial charge in [0, 0.05) is 10.2 Å². The largest absolute Gasteiger partial charge is 0.399 e. The number of rotatable bonds is 3. The van der Waals surface area contributed by atoms with Crippen molar-refractivity contribution < 1.29 is 21.6 Å². The molecule has 0 radical (unpaired) electrons. The van der Waals surface area contributed by atoms with Crippen molar-refractivity contribution >= 4 is 37.3 Å². The average molecular weight is 381 g/mol. The second-order valence-electron chi connectivity index (χ2n) is 4.04. The van der Waals surface area contributed by atoms with Crippen LogP contribution in [0, 0.1) is 17.5 Å². The van der Waals surface area contributed by atoms with Crippen LogP contribution in [0.3, 0.4) is 0 Å². The number of hydrogen-bond donors (Lipinski definition) is 2. The minimum absolute atomic E-state index is 0.273. The number of nitrogen functional groups attached to an aromatic ring is 1. The van der Waals surface area contributed by atoms with Crippen molar-refractivity contribution in [2.75, 3.05) is 10.5 Å². The molecule has 9 heteroatoms. The number of hydrogen-bond acceptors (Lipinski definition) is 3. The Morgan fingerprint density at radius 2 is 1.71 bits per heavy atom. The van der Waals surface area contributed by atoms with Crippen molar-refractivity contribution in [1.29, 1.82) is 0 Å². The van der Waals surface area contributed by atoms with E-state index in [0.29, 0.717) is 10.5 Å². The molecular weight excluding hydrogens is 373 g/mol. The van der Waals surface area contributed by atoms with Gasteiger partial charge in [0.1, 0.15) is 10.7 Å². The van der Waals surface area contributed by atoms with Crippen LogP contribution in [-0.2, 0) is 10.0 Å². The molecule has 21 heavy (non-hydrogen) atoms. The minimum atomic E-state index is -4.52. The number of sulfonamides is 1. The lowest BCUT2D eigenvalue weighted by molar-refractivity contribution is 0.486. The highest BCUT2D eigenvalue weighted by Crippen LogP contribution is 2.26. The summed E-state index contributed by atoms with van der Waals surface area (Å²) >= 11 is 3.01. The van der Waals surface area contributed by atoms with Gasteiger partial charge in [0.2, 0.25) is 0 Å². The summed E-state index contributed by atoms with van der Waals surface area (Å²) in [5.74, 6) is -3.88. The molecule has 0 aliphatic rings. The van der Waals surface area contributed by atoms with E-state index in [2.05, 4.69) is 15.9 Å². The molecule has 0 unspecified atom stereocenters. The van der Waals surface area contributed by atoms with E-state index in [1.807, 2.05) is 4.72 Å². The van der Waals surface area contributed by atoms with Crippen molar-refractivity contribution in [3.8, 4) is 0 Å². The number of nitrogens with two attached hydrogens (primary N) is 1. The predicted molar refractivity (Wildman–Crippen MR) is 75.7 cm³/mol. The van der Waals surface area contributed by atoms with Crippen molar-refractivity contribution in [2.45, 2.75) is 4.90 Å². The molecule has 0 aromatic heterocycles. The lowest BCUT2D eigenvalue weighted by atomic mass is 10.3. The van der Waals surface area contributed by atoms with Crippen molar-refractivity contribution in [1.82, 2.24) is 0 Å². The molecular formula is C12H8BrF3N2O2S. The molecule has 3 N–H and O–H groups in total. The molecule has 4 nitrogen and oxygen atoms in total. The van der Waals surface area contributed by atoms with E-state index < -0.39 is 38.1 Å². The fourth-order valence-electron chi connectivity index (χ4n) is 1.55. The third-order valence-electron chi connectivity index (χ3n) is 2.48. The summed E-state index contributed by atoms with van der Waals surface area (Å²) in [5.41, 5.74) is 4.61. The molecule has 0 fully saturated rings. The highest BCUT2D eigenvalue weighted by Gasteiger charge is 2.23. The summed E-state index contributed by atoms with van der Waals surface area (Å²) in [4.78, 5) is -0.998. The van der Waals surface area contributed by atoms with Gasteiger partial charge in [-0.1, -0.05) is 15.9 Å². The van der Waals surface area contributed by atoms with Crippen LogP contribution in [0.2, 0.25) is 0 Å². The monoisotopic (exact) mass is 380 g/mol. The van der Waals surface area contributed by atoms with E-state index in [1.54, 1.807) is 0 Å². The Labute approximate surface area is 127 Å². The van der Waals surface area contributed by atoms with E-state index in [-0.39, 0.29) is 5.69 Å². The van der Waals surface area contributed by atoms with Crippen LogP contribution in [0.4, 0.5) is 24.5 Å². The van der Waals surface area contributed by atoms with Crippen LogP contribution in [0.1, 0.15) is 0 Å². The van der Waals surface area contributed by atoms with Gasteiger partial charge in [-0.2, -0.15) is 0 Å². The average Bonchev–Trinajstić information content (AvgIpc) is 2.37. The third kappa shape index (κ3) is 3.30. The van der Waals surface area contributed by atoms with E-state index in [1.165, 1.54) is 6.07 Å². The SMILES string of the molecule is Nc1cc(F)c(F)c(S(=O)(=O)Nc2ccc(Br)cc2F)c1. The first-order valence-corrected chi connectivity index (χ1v) is 7.71. The second kappa shape index (κ2) is 5.57. The molecule has 0 bridgehead atoms. The van der Waals surface area contributed by atoms with Crippen LogP contribution in [-0.4, -0.2) is 8.42 Å². The molecule has 0 aliphatic heterocycles. The van der Waals surface area contributed by atoms with Crippen molar-refractivity contribution in [3.63, 3.8) is 0 Å². The van der Waals surface area contributed by atoms with Gasteiger partial charge in [-0.05, 0) is 30.3 Å². The maximum atomic E-state index is 13.6.